The molecule has 57 heavy (non-hydrogen) atoms. The minimum absolute atomic E-state index is 0.0583. The highest BCUT2D eigenvalue weighted by atomic mass is 15.1. The number of allylic oxidation sites excluding steroid dienone is 4. The molecule has 0 radical (unpaired) electrons. The summed E-state index contributed by atoms with van der Waals surface area (Å²) >= 11 is 0. The smallest absolute Gasteiger partial charge is 0.0726 e. The molecule has 0 bridgehead atoms. The second kappa shape index (κ2) is 11.9. The molecule has 4 aliphatic carbocycles. The third-order valence-corrected chi connectivity index (χ3v) is 13.7. The van der Waals surface area contributed by atoms with Gasteiger partial charge in [0.05, 0.1) is 11.1 Å². The normalized spacial score (nSPS) is 17.0. The number of benzene rings is 8. The molecule has 0 amide bonds. The summed E-state index contributed by atoms with van der Waals surface area (Å²) in [6.07, 6.45) is 8.02. The number of nitrogens with zero attached hydrogens (tertiary/aromatic N) is 1. The minimum Gasteiger partial charge on any atom is -0.310 e. The molecule has 0 saturated carbocycles. The van der Waals surface area contributed by atoms with Crippen LogP contribution in [0.2, 0.25) is 0 Å². The fourth-order valence-electron chi connectivity index (χ4n) is 11.3. The van der Waals surface area contributed by atoms with Gasteiger partial charge in [-0.15, -0.1) is 0 Å². The first kappa shape index (κ1) is 32.5. The van der Waals surface area contributed by atoms with Crippen LogP contribution in [-0.4, -0.2) is 0 Å². The van der Waals surface area contributed by atoms with Crippen molar-refractivity contribution < 1.29 is 0 Å². The monoisotopic (exact) mass is 727 g/mol. The zero-order valence-electron chi connectivity index (χ0n) is 32.2. The van der Waals surface area contributed by atoms with Crippen molar-refractivity contribution in [1.29, 1.82) is 0 Å². The molecule has 1 atom stereocenters. The van der Waals surface area contributed by atoms with Gasteiger partial charge in [-0.1, -0.05) is 183 Å². The molecule has 8 aromatic carbocycles. The molecule has 0 saturated heterocycles. The molecule has 1 heteroatoms. The van der Waals surface area contributed by atoms with Crippen LogP contribution in [0.25, 0.3) is 44.2 Å². The molecule has 1 spiro atoms. The van der Waals surface area contributed by atoms with Gasteiger partial charge in [-0.2, -0.15) is 0 Å². The molecule has 0 N–H and O–H groups in total. The van der Waals surface area contributed by atoms with Crippen LogP contribution in [0.4, 0.5) is 17.1 Å². The van der Waals surface area contributed by atoms with Gasteiger partial charge in [-0.25, -0.2) is 0 Å². The Labute approximate surface area is 334 Å². The van der Waals surface area contributed by atoms with Crippen molar-refractivity contribution in [3.05, 3.63) is 233 Å². The summed E-state index contributed by atoms with van der Waals surface area (Å²) in [6, 6.07) is 66.3. The first-order valence-electron chi connectivity index (χ1n) is 20.4. The van der Waals surface area contributed by atoms with E-state index in [1.54, 1.807) is 0 Å². The van der Waals surface area contributed by atoms with E-state index >= 15 is 0 Å². The molecule has 1 nitrogen and oxygen atoms in total. The van der Waals surface area contributed by atoms with Gasteiger partial charge < -0.3 is 4.90 Å². The predicted octanol–water partition coefficient (Wildman–Crippen LogP) is 14.6. The minimum atomic E-state index is -0.409. The Morgan fingerprint density at radius 1 is 0.509 bits per heavy atom. The SMILES string of the molecule is CC1(C)C2=CC=CCC2c2ccc(N(c3ccc(-c4cccc5ccccc45)cc3)c3cccc4c3-c3ccccc3C43c4ccccc4-c4ccccc43)cc21. The molecule has 0 fully saturated rings. The summed E-state index contributed by atoms with van der Waals surface area (Å²) in [6.45, 7) is 4.83. The van der Waals surface area contributed by atoms with E-state index in [2.05, 4.69) is 213 Å². The largest absolute Gasteiger partial charge is 0.310 e. The summed E-state index contributed by atoms with van der Waals surface area (Å²) in [4.78, 5) is 2.54. The summed E-state index contributed by atoms with van der Waals surface area (Å²) in [5.41, 5.74) is 20.7. The van der Waals surface area contributed by atoms with E-state index in [0.29, 0.717) is 5.92 Å². The van der Waals surface area contributed by atoms with Crippen molar-refractivity contribution >= 4 is 27.8 Å². The Bertz CT molecular complexity index is 2980. The zero-order chi connectivity index (χ0) is 37.9. The quantitative estimate of drug-likeness (QED) is 0.174. The van der Waals surface area contributed by atoms with Crippen molar-refractivity contribution in [3.8, 4) is 33.4 Å². The van der Waals surface area contributed by atoms with E-state index in [-0.39, 0.29) is 5.41 Å². The summed E-state index contributed by atoms with van der Waals surface area (Å²) in [5.74, 6) is 0.442. The number of hydrogen-bond acceptors (Lipinski definition) is 1. The van der Waals surface area contributed by atoms with Crippen molar-refractivity contribution in [3.63, 3.8) is 0 Å². The van der Waals surface area contributed by atoms with E-state index in [0.717, 1.165) is 12.1 Å². The Kier molecular flexibility index (Phi) is 6.79. The molecule has 0 aliphatic heterocycles. The van der Waals surface area contributed by atoms with Crippen LogP contribution in [0.15, 0.2) is 200 Å². The number of anilines is 3. The van der Waals surface area contributed by atoms with E-state index in [1.807, 2.05) is 0 Å². The molecule has 0 heterocycles. The van der Waals surface area contributed by atoms with Crippen LogP contribution in [-0.2, 0) is 10.8 Å². The first-order chi connectivity index (χ1) is 28.0. The van der Waals surface area contributed by atoms with Gasteiger partial charge in [0.2, 0.25) is 0 Å². The zero-order valence-corrected chi connectivity index (χ0v) is 32.2. The molecular formula is C56H41N. The molecule has 12 rings (SSSR count). The third kappa shape index (κ3) is 4.35. The Morgan fingerprint density at radius 2 is 1.11 bits per heavy atom. The average Bonchev–Trinajstić information content (AvgIpc) is 3.83. The van der Waals surface area contributed by atoms with Crippen LogP contribution in [0.5, 0.6) is 0 Å². The Balaban J connectivity index is 1.11. The van der Waals surface area contributed by atoms with Crippen LogP contribution in [0.3, 0.4) is 0 Å². The fraction of sp³-hybridized carbons (Fsp3) is 0.107. The maximum absolute atomic E-state index is 2.54. The molecular weight excluding hydrogens is 687 g/mol. The maximum atomic E-state index is 2.54. The third-order valence-electron chi connectivity index (χ3n) is 13.7. The Hall–Kier alpha value is -6.70. The highest BCUT2D eigenvalue weighted by Crippen LogP contribution is 2.65. The summed E-state index contributed by atoms with van der Waals surface area (Å²) < 4.78 is 0. The van der Waals surface area contributed by atoms with E-state index in [9.17, 15) is 0 Å². The lowest BCUT2D eigenvalue weighted by Gasteiger charge is -2.32. The molecule has 0 aromatic heterocycles. The number of rotatable bonds is 4. The lowest BCUT2D eigenvalue weighted by molar-refractivity contribution is 0.612. The van der Waals surface area contributed by atoms with Gasteiger partial charge in [0.15, 0.2) is 0 Å². The standard InChI is InChI=1S/C56H41N/c1-55(2)47-23-9-5-18-42(47)45-34-33-39(35-52(45)55)57(38-31-29-37(30-32-38)41-22-13-16-36-15-3-4-17-40(36)41)53-28-14-27-51-54(53)46-21-8-12-26-50(46)56(51)48-24-10-6-19-43(48)44-20-7-11-25-49(44)56/h3-17,19-35,42H,18H2,1-2H3. The second-order valence-electron chi connectivity index (χ2n) is 16.7. The summed E-state index contributed by atoms with van der Waals surface area (Å²) in [7, 11) is 0. The van der Waals surface area contributed by atoms with Gasteiger partial charge >= 0.3 is 0 Å². The molecule has 1 unspecified atom stereocenters. The van der Waals surface area contributed by atoms with Crippen molar-refractivity contribution in [2.24, 2.45) is 0 Å². The molecule has 4 aliphatic rings. The predicted molar refractivity (Wildman–Crippen MR) is 238 cm³/mol. The van der Waals surface area contributed by atoms with Gasteiger partial charge in [-0.3, -0.25) is 0 Å². The topological polar surface area (TPSA) is 3.24 Å². The summed E-state index contributed by atoms with van der Waals surface area (Å²) in [5, 5.41) is 2.53. The van der Waals surface area contributed by atoms with Crippen LogP contribution in [0, 0.1) is 0 Å². The number of hydrogen-bond donors (Lipinski definition) is 0. The van der Waals surface area contributed by atoms with Gasteiger partial charge in [0.25, 0.3) is 0 Å². The lowest BCUT2D eigenvalue weighted by Crippen LogP contribution is -2.26. The van der Waals surface area contributed by atoms with Gasteiger partial charge in [0, 0.05) is 28.3 Å². The number of fused-ring (bicyclic) bond motifs is 14. The van der Waals surface area contributed by atoms with Crippen molar-refractivity contribution in [2.45, 2.75) is 37.0 Å². The van der Waals surface area contributed by atoms with E-state index in [4.69, 9.17) is 0 Å². The average molecular weight is 728 g/mol. The van der Waals surface area contributed by atoms with Crippen LogP contribution < -0.4 is 4.90 Å². The van der Waals surface area contributed by atoms with Crippen molar-refractivity contribution in [2.75, 3.05) is 4.90 Å². The molecule has 8 aromatic rings. The fourth-order valence-corrected chi connectivity index (χ4v) is 11.3. The van der Waals surface area contributed by atoms with Crippen LogP contribution in [0.1, 0.15) is 59.6 Å². The van der Waals surface area contributed by atoms with E-state index in [1.165, 1.54) is 94.5 Å². The highest BCUT2D eigenvalue weighted by molar-refractivity contribution is 6.02. The highest BCUT2D eigenvalue weighted by Gasteiger charge is 2.52. The van der Waals surface area contributed by atoms with Gasteiger partial charge in [0.1, 0.15) is 0 Å². The second-order valence-corrected chi connectivity index (χ2v) is 16.7. The van der Waals surface area contributed by atoms with Crippen LogP contribution >= 0.6 is 0 Å². The first-order valence-corrected chi connectivity index (χ1v) is 20.4. The van der Waals surface area contributed by atoms with Gasteiger partial charge in [-0.05, 0) is 109 Å². The lowest BCUT2D eigenvalue weighted by atomic mass is 9.70. The van der Waals surface area contributed by atoms with E-state index < -0.39 is 5.41 Å². The molecule has 270 valence electrons. The maximum Gasteiger partial charge on any atom is 0.0726 e. The Morgan fingerprint density at radius 3 is 1.88 bits per heavy atom. The van der Waals surface area contributed by atoms with Crippen molar-refractivity contribution in [1.82, 2.24) is 0 Å².